The van der Waals surface area contributed by atoms with Gasteiger partial charge in [0, 0.05) is 11.6 Å². The van der Waals surface area contributed by atoms with E-state index in [-0.39, 0.29) is 12.5 Å². The van der Waals surface area contributed by atoms with E-state index >= 15 is 0 Å². The minimum absolute atomic E-state index is 0.247. The molecule has 0 aromatic heterocycles. The van der Waals surface area contributed by atoms with Gasteiger partial charge in [-0.3, -0.25) is 9.10 Å². The summed E-state index contributed by atoms with van der Waals surface area (Å²) in [5.74, 6) is -0.349. The molecule has 0 aliphatic carbocycles. The van der Waals surface area contributed by atoms with Crippen LogP contribution in [-0.2, 0) is 21.2 Å². The molecular weight excluding hydrogens is 348 g/mol. The van der Waals surface area contributed by atoms with E-state index in [1.54, 1.807) is 42.5 Å². The predicted octanol–water partition coefficient (Wildman–Crippen LogP) is 2.46. The summed E-state index contributed by atoms with van der Waals surface area (Å²) in [7, 11) is -3.54. The van der Waals surface area contributed by atoms with E-state index in [2.05, 4.69) is 5.32 Å². The number of rotatable bonds is 7. The van der Waals surface area contributed by atoms with Gasteiger partial charge in [-0.25, -0.2) is 8.42 Å². The third-order valence-electron chi connectivity index (χ3n) is 3.38. The Bertz CT molecular complexity index is 777. The molecule has 0 aliphatic rings. The summed E-state index contributed by atoms with van der Waals surface area (Å²) in [6, 6.07) is 15.9. The maximum Gasteiger partial charge on any atom is 0.240 e. The van der Waals surface area contributed by atoms with Crippen LogP contribution in [0.3, 0.4) is 0 Å². The van der Waals surface area contributed by atoms with Crippen LogP contribution in [0, 0.1) is 0 Å². The average molecular weight is 367 g/mol. The Morgan fingerprint density at radius 1 is 1.08 bits per heavy atom. The van der Waals surface area contributed by atoms with Crippen molar-refractivity contribution < 1.29 is 13.2 Å². The van der Waals surface area contributed by atoms with Crippen LogP contribution in [0.15, 0.2) is 54.6 Å². The number of anilines is 1. The molecule has 0 heterocycles. The lowest BCUT2D eigenvalue weighted by Gasteiger charge is -2.21. The Labute approximate surface area is 147 Å². The van der Waals surface area contributed by atoms with Gasteiger partial charge in [0.05, 0.1) is 11.9 Å². The molecule has 2 aromatic rings. The van der Waals surface area contributed by atoms with Gasteiger partial charge in [-0.1, -0.05) is 41.9 Å². The maximum atomic E-state index is 12.1. The molecule has 0 spiro atoms. The van der Waals surface area contributed by atoms with Crippen LogP contribution in [0.5, 0.6) is 0 Å². The third kappa shape index (κ3) is 5.54. The Morgan fingerprint density at radius 2 is 1.71 bits per heavy atom. The first-order chi connectivity index (χ1) is 11.4. The second-order valence-electron chi connectivity index (χ2n) is 5.33. The molecule has 24 heavy (non-hydrogen) atoms. The Kier molecular flexibility index (Phi) is 6.23. The van der Waals surface area contributed by atoms with Gasteiger partial charge in [0.2, 0.25) is 15.9 Å². The van der Waals surface area contributed by atoms with Gasteiger partial charge in [0.25, 0.3) is 0 Å². The molecular formula is C17H19ClN2O3S. The van der Waals surface area contributed by atoms with Crippen molar-refractivity contribution in [2.24, 2.45) is 0 Å². The summed E-state index contributed by atoms with van der Waals surface area (Å²) in [4.78, 5) is 12.1. The van der Waals surface area contributed by atoms with Crippen LogP contribution in [0.1, 0.15) is 5.56 Å². The SMILES string of the molecule is CS(=O)(=O)N(CC(=O)NCCc1ccc(Cl)cc1)c1ccccc1. The molecule has 0 atom stereocenters. The molecule has 0 fully saturated rings. The van der Waals surface area contributed by atoms with Crippen LogP contribution in [0.25, 0.3) is 0 Å². The van der Waals surface area contributed by atoms with Gasteiger partial charge in [-0.05, 0) is 36.2 Å². The number of amides is 1. The summed E-state index contributed by atoms with van der Waals surface area (Å²) in [5.41, 5.74) is 1.51. The van der Waals surface area contributed by atoms with Crippen molar-refractivity contribution in [3.05, 3.63) is 65.2 Å². The van der Waals surface area contributed by atoms with Crippen LogP contribution in [0.2, 0.25) is 5.02 Å². The molecule has 7 heteroatoms. The van der Waals surface area contributed by atoms with E-state index < -0.39 is 10.0 Å². The highest BCUT2D eigenvalue weighted by Crippen LogP contribution is 2.16. The van der Waals surface area contributed by atoms with E-state index in [9.17, 15) is 13.2 Å². The Hall–Kier alpha value is -2.05. The number of hydrogen-bond donors (Lipinski definition) is 1. The van der Waals surface area contributed by atoms with Crippen LogP contribution < -0.4 is 9.62 Å². The number of nitrogens with one attached hydrogen (secondary N) is 1. The summed E-state index contributed by atoms with van der Waals surface area (Å²) >= 11 is 5.82. The summed E-state index contributed by atoms with van der Waals surface area (Å²) in [6.07, 6.45) is 1.73. The van der Waals surface area contributed by atoms with Crippen LogP contribution in [0.4, 0.5) is 5.69 Å². The Morgan fingerprint density at radius 3 is 2.29 bits per heavy atom. The van der Waals surface area contributed by atoms with E-state index in [1.807, 2.05) is 12.1 Å². The number of para-hydroxylation sites is 1. The molecule has 0 aliphatic heterocycles. The molecule has 0 saturated heterocycles. The maximum absolute atomic E-state index is 12.1. The minimum atomic E-state index is -3.54. The van der Waals surface area contributed by atoms with Crippen LogP contribution in [-0.4, -0.2) is 33.7 Å². The second-order valence-corrected chi connectivity index (χ2v) is 7.67. The average Bonchev–Trinajstić information content (AvgIpc) is 2.54. The monoisotopic (exact) mass is 366 g/mol. The second kappa shape index (κ2) is 8.17. The number of sulfonamides is 1. The number of carbonyl (C=O) groups excluding carboxylic acids is 1. The standard InChI is InChI=1S/C17H19ClN2O3S/c1-24(22,23)20(16-5-3-2-4-6-16)13-17(21)19-12-11-14-7-9-15(18)10-8-14/h2-10H,11-13H2,1H3,(H,19,21). The van der Waals surface area contributed by atoms with E-state index in [0.717, 1.165) is 16.1 Å². The largest absolute Gasteiger partial charge is 0.354 e. The smallest absolute Gasteiger partial charge is 0.240 e. The normalized spacial score (nSPS) is 11.1. The lowest BCUT2D eigenvalue weighted by Crippen LogP contribution is -2.40. The quantitative estimate of drug-likeness (QED) is 0.818. The van der Waals surface area contributed by atoms with Gasteiger partial charge in [-0.2, -0.15) is 0 Å². The molecule has 1 N–H and O–H groups in total. The highest BCUT2D eigenvalue weighted by molar-refractivity contribution is 7.92. The zero-order valence-corrected chi connectivity index (χ0v) is 14.8. The molecule has 0 bridgehead atoms. The number of hydrogen-bond acceptors (Lipinski definition) is 3. The van der Waals surface area contributed by atoms with Crippen molar-refractivity contribution in [1.82, 2.24) is 5.32 Å². The molecule has 128 valence electrons. The highest BCUT2D eigenvalue weighted by Gasteiger charge is 2.20. The molecule has 0 unspecified atom stereocenters. The minimum Gasteiger partial charge on any atom is -0.354 e. The molecule has 1 amide bonds. The number of nitrogens with zero attached hydrogens (tertiary/aromatic N) is 1. The van der Waals surface area contributed by atoms with Crippen molar-refractivity contribution in [2.45, 2.75) is 6.42 Å². The zero-order valence-electron chi connectivity index (χ0n) is 13.3. The van der Waals surface area contributed by atoms with Gasteiger partial charge < -0.3 is 5.32 Å². The summed E-state index contributed by atoms with van der Waals surface area (Å²) < 4.78 is 24.9. The fraction of sp³-hybridized carbons (Fsp3) is 0.235. The van der Waals surface area contributed by atoms with E-state index in [1.165, 1.54) is 0 Å². The topological polar surface area (TPSA) is 66.5 Å². The zero-order chi connectivity index (χ0) is 17.6. The third-order valence-corrected chi connectivity index (χ3v) is 4.77. The summed E-state index contributed by atoms with van der Waals surface area (Å²) in [6.45, 7) is 0.177. The van der Waals surface area contributed by atoms with Crippen molar-refractivity contribution >= 4 is 33.2 Å². The van der Waals surface area contributed by atoms with Gasteiger partial charge in [0.1, 0.15) is 6.54 Å². The van der Waals surface area contributed by atoms with Crippen molar-refractivity contribution in [1.29, 1.82) is 0 Å². The lowest BCUT2D eigenvalue weighted by molar-refractivity contribution is -0.119. The lowest BCUT2D eigenvalue weighted by atomic mass is 10.1. The van der Waals surface area contributed by atoms with Crippen molar-refractivity contribution in [3.8, 4) is 0 Å². The van der Waals surface area contributed by atoms with Crippen LogP contribution >= 0.6 is 11.6 Å². The predicted molar refractivity (Wildman–Crippen MR) is 96.8 cm³/mol. The van der Waals surface area contributed by atoms with Gasteiger partial charge >= 0.3 is 0 Å². The number of benzene rings is 2. The van der Waals surface area contributed by atoms with Gasteiger partial charge in [-0.15, -0.1) is 0 Å². The molecule has 5 nitrogen and oxygen atoms in total. The molecule has 0 radical (unpaired) electrons. The summed E-state index contributed by atoms with van der Waals surface area (Å²) in [5, 5.41) is 3.40. The number of carbonyl (C=O) groups is 1. The van der Waals surface area contributed by atoms with Crippen molar-refractivity contribution in [2.75, 3.05) is 23.7 Å². The first kappa shape index (κ1) is 18.3. The van der Waals surface area contributed by atoms with Crippen molar-refractivity contribution in [3.63, 3.8) is 0 Å². The first-order valence-electron chi connectivity index (χ1n) is 7.40. The Balaban J connectivity index is 1.92. The molecule has 2 rings (SSSR count). The molecule has 0 saturated carbocycles. The fourth-order valence-corrected chi connectivity index (χ4v) is 3.16. The molecule has 2 aromatic carbocycles. The number of halogens is 1. The first-order valence-corrected chi connectivity index (χ1v) is 9.63. The van der Waals surface area contributed by atoms with Gasteiger partial charge in [0.15, 0.2) is 0 Å². The van der Waals surface area contributed by atoms with E-state index in [4.69, 9.17) is 11.6 Å². The highest BCUT2D eigenvalue weighted by atomic mass is 35.5. The fourth-order valence-electron chi connectivity index (χ4n) is 2.18. The van der Waals surface area contributed by atoms with E-state index in [0.29, 0.717) is 23.7 Å².